The predicted octanol–water partition coefficient (Wildman–Crippen LogP) is 2.64. The molecule has 0 aliphatic heterocycles. The number of carboxylic acid groups (broad SMARTS) is 1. The molecule has 16 heavy (non-hydrogen) atoms. The number of hydrogen-bond donors (Lipinski definition) is 2. The van der Waals surface area contributed by atoms with Crippen LogP contribution in [-0.4, -0.2) is 11.1 Å². The number of rotatable bonds is 1. The lowest BCUT2D eigenvalue weighted by molar-refractivity contribution is -0.142. The quantitative estimate of drug-likeness (QED) is 0.815. The lowest BCUT2D eigenvalue weighted by Crippen LogP contribution is -2.29. The molecule has 1 aliphatic rings. The fourth-order valence-corrected chi connectivity index (χ4v) is 2.54. The minimum atomic E-state index is -0.836. The largest absolute Gasteiger partial charge is 0.481 e. The zero-order chi connectivity index (χ0) is 11.9. The van der Waals surface area contributed by atoms with Gasteiger partial charge in [0, 0.05) is 6.04 Å². The van der Waals surface area contributed by atoms with Crippen LogP contribution in [0.25, 0.3) is 0 Å². The molecule has 0 saturated heterocycles. The van der Waals surface area contributed by atoms with Crippen molar-refractivity contribution >= 4 is 29.2 Å². The topological polar surface area (TPSA) is 63.3 Å². The summed E-state index contributed by atoms with van der Waals surface area (Å²) in [4.78, 5) is 11.0. The van der Waals surface area contributed by atoms with Crippen LogP contribution in [0.3, 0.4) is 0 Å². The Hall–Kier alpha value is -0.770. The standard InChI is InChI=1S/C11H11Cl2NO2/c12-8-2-1-6-7(10(8)13)3-5(11(15)16)4-9(6)14/h1-2,5,9H,3-4,14H2,(H,15,16)/t5-,9+/m0/s1. The van der Waals surface area contributed by atoms with Gasteiger partial charge in [0.1, 0.15) is 0 Å². The molecule has 0 saturated carbocycles. The second-order valence-electron chi connectivity index (χ2n) is 4.01. The monoisotopic (exact) mass is 259 g/mol. The van der Waals surface area contributed by atoms with Crippen LogP contribution in [-0.2, 0) is 11.2 Å². The molecule has 3 nitrogen and oxygen atoms in total. The molecule has 0 amide bonds. The molecule has 2 rings (SSSR count). The summed E-state index contributed by atoms with van der Waals surface area (Å²) in [7, 11) is 0. The Balaban J connectivity index is 2.47. The summed E-state index contributed by atoms with van der Waals surface area (Å²) in [5.41, 5.74) is 7.62. The zero-order valence-electron chi connectivity index (χ0n) is 8.41. The van der Waals surface area contributed by atoms with Crippen molar-refractivity contribution in [3.05, 3.63) is 33.3 Å². The molecule has 3 N–H and O–H groups in total. The Bertz CT molecular complexity index is 448. The van der Waals surface area contributed by atoms with E-state index in [0.717, 1.165) is 11.1 Å². The van der Waals surface area contributed by atoms with Crippen molar-refractivity contribution in [2.45, 2.75) is 18.9 Å². The molecule has 0 radical (unpaired) electrons. The Morgan fingerprint density at radius 2 is 2.12 bits per heavy atom. The van der Waals surface area contributed by atoms with Gasteiger partial charge in [0.15, 0.2) is 0 Å². The molecular formula is C11H11Cl2NO2. The summed E-state index contributed by atoms with van der Waals surface area (Å²) in [6.07, 6.45) is 0.845. The van der Waals surface area contributed by atoms with Crippen molar-refractivity contribution < 1.29 is 9.90 Å². The van der Waals surface area contributed by atoms with Gasteiger partial charge in [-0.15, -0.1) is 0 Å². The lowest BCUT2D eigenvalue weighted by Gasteiger charge is -2.28. The minimum absolute atomic E-state index is 0.278. The van der Waals surface area contributed by atoms with Crippen molar-refractivity contribution in [1.82, 2.24) is 0 Å². The first-order valence-electron chi connectivity index (χ1n) is 4.96. The Labute approximate surface area is 103 Å². The Morgan fingerprint density at radius 1 is 1.44 bits per heavy atom. The number of nitrogens with two attached hydrogens (primary N) is 1. The highest BCUT2D eigenvalue weighted by atomic mass is 35.5. The second-order valence-corrected chi connectivity index (χ2v) is 4.80. The first kappa shape index (κ1) is 11.7. The molecule has 0 unspecified atom stereocenters. The number of carbonyl (C=O) groups is 1. The molecule has 2 atom stereocenters. The molecule has 1 aliphatic carbocycles. The summed E-state index contributed by atoms with van der Waals surface area (Å²) in [5, 5.41) is 9.88. The van der Waals surface area contributed by atoms with E-state index >= 15 is 0 Å². The summed E-state index contributed by atoms with van der Waals surface area (Å²) in [5.74, 6) is -1.31. The minimum Gasteiger partial charge on any atom is -0.481 e. The van der Waals surface area contributed by atoms with E-state index < -0.39 is 11.9 Å². The highest BCUT2D eigenvalue weighted by Gasteiger charge is 2.30. The predicted molar refractivity (Wildman–Crippen MR) is 62.8 cm³/mol. The van der Waals surface area contributed by atoms with E-state index in [1.807, 2.05) is 6.07 Å². The average molecular weight is 260 g/mol. The summed E-state index contributed by atoms with van der Waals surface area (Å²) >= 11 is 12.0. The maximum absolute atomic E-state index is 11.0. The van der Waals surface area contributed by atoms with Gasteiger partial charge in [0.2, 0.25) is 0 Å². The van der Waals surface area contributed by atoms with Gasteiger partial charge in [0.05, 0.1) is 16.0 Å². The Morgan fingerprint density at radius 3 is 2.75 bits per heavy atom. The normalized spacial score (nSPS) is 23.9. The maximum atomic E-state index is 11.0. The van der Waals surface area contributed by atoms with Crippen LogP contribution in [0.1, 0.15) is 23.6 Å². The molecule has 0 fully saturated rings. The van der Waals surface area contributed by atoms with Gasteiger partial charge in [-0.1, -0.05) is 29.3 Å². The number of hydrogen-bond acceptors (Lipinski definition) is 2. The molecule has 0 heterocycles. The molecular weight excluding hydrogens is 249 g/mol. The third kappa shape index (κ3) is 1.90. The van der Waals surface area contributed by atoms with Gasteiger partial charge in [-0.2, -0.15) is 0 Å². The van der Waals surface area contributed by atoms with Gasteiger partial charge in [0.25, 0.3) is 0 Å². The van der Waals surface area contributed by atoms with Gasteiger partial charge >= 0.3 is 5.97 Å². The third-order valence-corrected chi connectivity index (χ3v) is 3.81. The maximum Gasteiger partial charge on any atom is 0.306 e. The van der Waals surface area contributed by atoms with Crippen LogP contribution in [0.4, 0.5) is 0 Å². The molecule has 0 aromatic heterocycles. The molecule has 0 bridgehead atoms. The SMILES string of the molecule is N[C@@H]1C[C@@H](C(=O)O)Cc2c1ccc(Cl)c2Cl. The van der Waals surface area contributed by atoms with Crippen LogP contribution in [0.5, 0.6) is 0 Å². The third-order valence-electron chi connectivity index (χ3n) is 2.97. The number of halogens is 2. The second kappa shape index (κ2) is 4.24. The Kier molecular flexibility index (Phi) is 3.10. The van der Waals surface area contributed by atoms with Crippen molar-refractivity contribution in [2.24, 2.45) is 11.7 Å². The van der Waals surface area contributed by atoms with E-state index in [4.69, 9.17) is 34.0 Å². The first-order chi connectivity index (χ1) is 7.50. The summed E-state index contributed by atoms with van der Waals surface area (Å²) < 4.78 is 0. The van der Waals surface area contributed by atoms with Crippen LogP contribution in [0.2, 0.25) is 10.0 Å². The van der Waals surface area contributed by atoms with Crippen molar-refractivity contribution in [2.75, 3.05) is 0 Å². The number of fused-ring (bicyclic) bond motifs is 1. The number of carboxylic acids is 1. The van der Waals surface area contributed by atoms with Gasteiger partial charge < -0.3 is 10.8 Å². The highest BCUT2D eigenvalue weighted by Crippen LogP contribution is 2.38. The van der Waals surface area contributed by atoms with Crippen LogP contribution < -0.4 is 5.73 Å². The molecule has 1 aromatic rings. The molecule has 0 spiro atoms. The smallest absolute Gasteiger partial charge is 0.306 e. The van der Waals surface area contributed by atoms with Crippen molar-refractivity contribution in [3.63, 3.8) is 0 Å². The van der Waals surface area contributed by atoms with Crippen LogP contribution >= 0.6 is 23.2 Å². The van der Waals surface area contributed by atoms with Crippen LogP contribution in [0, 0.1) is 5.92 Å². The van der Waals surface area contributed by atoms with E-state index in [1.54, 1.807) is 6.07 Å². The van der Waals surface area contributed by atoms with Crippen molar-refractivity contribution in [3.8, 4) is 0 Å². The average Bonchev–Trinajstić information content (AvgIpc) is 2.23. The fraction of sp³-hybridized carbons (Fsp3) is 0.364. The summed E-state index contributed by atoms with van der Waals surface area (Å²) in [6.45, 7) is 0. The van der Waals surface area contributed by atoms with Gasteiger partial charge in [-0.25, -0.2) is 0 Å². The van der Waals surface area contributed by atoms with Gasteiger partial charge in [-0.05, 0) is 30.0 Å². The first-order valence-corrected chi connectivity index (χ1v) is 5.71. The zero-order valence-corrected chi connectivity index (χ0v) is 9.92. The van der Waals surface area contributed by atoms with E-state index in [9.17, 15) is 4.79 Å². The van der Waals surface area contributed by atoms with E-state index in [0.29, 0.717) is 22.9 Å². The van der Waals surface area contributed by atoms with Crippen LogP contribution in [0.15, 0.2) is 12.1 Å². The highest BCUT2D eigenvalue weighted by molar-refractivity contribution is 6.42. The number of benzene rings is 1. The lowest BCUT2D eigenvalue weighted by atomic mass is 9.81. The fourth-order valence-electron chi connectivity index (χ4n) is 2.11. The van der Waals surface area contributed by atoms with Crippen molar-refractivity contribution in [1.29, 1.82) is 0 Å². The summed E-state index contributed by atoms with van der Waals surface area (Å²) in [6, 6.07) is 3.25. The molecule has 5 heteroatoms. The van der Waals surface area contributed by atoms with E-state index in [-0.39, 0.29) is 6.04 Å². The number of aliphatic carboxylic acids is 1. The molecule has 1 aromatic carbocycles. The van der Waals surface area contributed by atoms with E-state index in [1.165, 1.54) is 0 Å². The molecule has 86 valence electrons. The van der Waals surface area contributed by atoms with Gasteiger partial charge in [-0.3, -0.25) is 4.79 Å². The van der Waals surface area contributed by atoms with E-state index in [2.05, 4.69) is 0 Å².